The highest BCUT2D eigenvalue weighted by Crippen LogP contribution is 2.29. The van der Waals surface area contributed by atoms with Gasteiger partial charge in [-0.2, -0.15) is 0 Å². The molecule has 0 aliphatic heterocycles. The van der Waals surface area contributed by atoms with Crippen molar-refractivity contribution in [2.75, 3.05) is 13.2 Å². The van der Waals surface area contributed by atoms with Crippen molar-refractivity contribution in [3.63, 3.8) is 0 Å². The number of hydrogen-bond acceptors (Lipinski definition) is 3. The lowest BCUT2D eigenvalue weighted by Crippen LogP contribution is -2.27. The van der Waals surface area contributed by atoms with Gasteiger partial charge in [0.1, 0.15) is 12.4 Å². The van der Waals surface area contributed by atoms with Crippen molar-refractivity contribution in [1.29, 1.82) is 0 Å². The van der Waals surface area contributed by atoms with Crippen LogP contribution in [-0.4, -0.2) is 19.1 Å². The molecule has 1 aromatic carbocycles. The van der Waals surface area contributed by atoms with E-state index < -0.39 is 0 Å². The van der Waals surface area contributed by atoms with Crippen molar-refractivity contribution >= 4 is 17.2 Å². The summed E-state index contributed by atoms with van der Waals surface area (Å²) in [6.07, 6.45) is 4.74. The van der Waals surface area contributed by atoms with E-state index in [1.807, 2.05) is 31.2 Å². The first-order valence-corrected chi connectivity index (χ1v) is 8.63. The van der Waals surface area contributed by atoms with Crippen LogP contribution in [0.5, 0.6) is 5.75 Å². The van der Waals surface area contributed by atoms with Gasteiger partial charge in [0, 0.05) is 4.88 Å². The molecule has 116 valence electrons. The zero-order valence-corrected chi connectivity index (χ0v) is 13.7. The molecule has 0 unspecified atom stereocenters. The molecule has 3 nitrogen and oxygen atoms in total. The zero-order chi connectivity index (χ0) is 15.4. The number of hydrogen-bond donors (Lipinski definition) is 1. The summed E-state index contributed by atoms with van der Waals surface area (Å²) in [6.45, 7) is 3.04. The summed E-state index contributed by atoms with van der Waals surface area (Å²) in [4.78, 5) is 14.4. The van der Waals surface area contributed by atoms with Gasteiger partial charge in [-0.05, 0) is 61.9 Å². The molecule has 0 spiro atoms. The summed E-state index contributed by atoms with van der Waals surface area (Å²) in [5, 5.41) is 2.94. The third-order valence-corrected chi connectivity index (χ3v) is 5.10. The van der Waals surface area contributed by atoms with Crippen molar-refractivity contribution in [1.82, 2.24) is 5.32 Å². The summed E-state index contributed by atoms with van der Waals surface area (Å²) in [7, 11) is 0. The van der Waals surface area contributed by atoms with Crippen LogP contribution >= 0.6 is 11.3 Å². The van der Waals surface area contributed by atoms with Gasteiger partial charge in [-0.15, -0.1) is 11.3 Å². The number of fused-ring (bicyclic) bond motifs is 1. The summed E-state index contributed by atoms with van der Waals surface area (Å²) in [5.41, 5.74) is 2.54. The second-order valence-corrected chi connectivity index (χ2v) is 6.82. The number of thiophene rings is 1. The molecule has 22 heavy (non-hydrogen) atoms. The van der Waals surface area contributed by atoms with Crippen LogP contribution in [0.25, 0.3) is 0 Å². The minimum Gasteiger partial charge on any atom is -0.492 e. The van der Waals surface area contributed by atoms with Crippen LogP contribution in [0, 0.1) is 6.92 Å². The third kappa shape index (κ3) is 3.69. The van der Waals surface area contributed by atoms with Crippen molar-refractivity contribution in [2.45, 2.75) is 32.6 Å². The van der Waals surface area contributed by atoms with Crippen LogP contribution in [0.4, 0.5) is 0 Å². The lowest BCUT2D eigenvalue weighted by molar-refractivity contribution is 0.0951. The maximum Gasteiger partial charge on any atom is 0.261 e. The summed E-state index contributed by atoms with van der Waals surface area (Å²) in [6, 6.07) is 10.00. The minimum absolute atomic E-state index is 0.0206. The number of aryl methyl sites for hydroxylation is 3. The van der Waals surface area contributed by atoms with Crippen LogP contribution in [0.15, 0.2) is 30.3 Å². The Bertz CT molecular complexity index is 639. The Balaban J connectivity index is 1.47. The Morgan fingerprint density at radius 3 is 2.95 bits per heavy atom. The number of rotatable bonds is 5. The number of carbonyl (C=O) groups is 1. The second-order valence-electron chi connectivity index (χ2n) is 5.69. The van der Waals surface area contributed by atoms with E-state index in [4.69, 9.17) is 4.74 Å². The molecule has 4 heteroatoms. The highest BCUT2D eigenvalue weighted by molar-refractivity contribution is 7.14. The molecule has 1 heterocycles. The van der Waals surface area contributed by atoms with Crippen molar-refractivity contribution in [2.24, 2.45) is 0 Å². The number of benzene rings is 1. The maximum atomic E-state index is 12.2. The molecule has 0 atom stereocenters. The largest absolute Gasteiger partial charge is 0.492 e. The van der Waals surface area contributed by atoms with Gasteiger partial charge < -0.3 is 10.1 Å². The second kappa shape index (κ2) is 6.97. The quantitative estimate of drug-likeness (QED) is 0.854. The first-order valence-electron chi connectivity index (χ1n) is 7.81. The molecule has 0 bridgehead atoms. The number of nitrogens with one attached hydrogen (secondary N) is 1. The molecule has 2 aromatic rings. The van der Waals surface area contributed by atoms with E-state index in [9.17, 15) is 4.79 Å². The van der Waals surface area contributed by atoms with Gasteiger partial charge in [-0.1, -0.05) is 12.1 Å². The predicted octanol–water partition coefficient (Wildman–Crippen LogP) is 3.74. The van der Waals surface area contributed by atoms with Crippen LogP contribution in [-0.2, 0) is 12.8 Å². The molecule has 0 fully saturated rings. The Kier molecular flexibility index (Phi) is 4.78. The van der Waals surface area contributed by atoms with Crippen molar-refractivity contribution in [3.8, 4) is 5.75 Å². The predicted molar refractivity (Wildman–Crippen MR) is 90.0 cm³/mol. The molecule has 1 aromatic heterocycles. The summed E-state index contributed by atoms with van der Waals surface area (Å²) in [5.74, 6) is 0.869. The van der Waals surface area contributed by atoms with Gasteiger partial charge in [0.25, 0.3) is 5.91 Å². The van der Waals surface area contributed by atoms with Gasteiger partial charge >= 0.3 is 0 Å². The number of amides is 1. The molecule has 0 saturated heterocycles. The molecule has 1 amide bonds. The molecule has 0 radical (unpaired) electrons. The molecular weight excluding hydrogens is 294 g/mol. The van der Waals surface area contributed by atoms with Crippen LogP contribution in [0.3, 0.4) is 0 Å². The normalized spacial score (nSPS) is 13.5. The Morgan fingerprint density at radius 1 is 1.27 bits per heavy atom. The van der Waals surface area contributed by atoms with Crippen LogP contribution in [0.2, 0.25) is 0 Å². The molecule has 1 aliphatic carbocycles. The summed E-state index contributed by atoms with van der Waals surface area (Å²) < 4.78 is 5.64. The van der Waals surface area contributed by atoms with E-state index in [1.165, 1.54) is 28.8 Å². The van der Waals surface area contributed by atoms with Crippen LogP contribution in [0.1, 0.15) is 38.5 Å². The third-order valence-electron chi connectivity index (χ3n) is 3.87. The van der Waals surface area contributed by atoms with E-state index >= 15 is 0 Å². The number of carbonyl (C=O) groups excluding carboxylic acids is 1. The van der Waals surface area contributed by atoms with Gasteiger partial charge in [0.05, 0.1) is 11.4 Å². The smallest absolute Gasteiger partial charge is 0.261 e. The average molecular weight is 315 g/mol. The van der Waals surface area contributed by atoms with Gasteiger partial charge in [0.2, 0.25) is 0 Å². The van der Waals surface area contributed by atoms with Gasteiger partial charge in [-0.25, -0.2) is 0 Å². The highest BCUT2D eigenvalue weighted by atomic mass is 32.1. The first kappa shape index (κ1) is 15.1. The molecule has 1 aliphatic rings. The topological polar surface area (TPSA) is 38.3 Å². The average Bonchev–Trinajstić information content (AvgIpc) is 2.95. The first-order chi connectivity index (χ1) is 10.7. The highest BCUT2D eigenvalue weighted by Gasteiger charge is 2.16. The Labute approximate surface area is 135 Å². The Morgan fingerprint density at radius 2 is 2.14 bits per heavy atom. The standard InChI is InChI=1S/C18H21NO2S/c1-13-5-4-7-15(11-13)21-10-9-19-18(20)17-12-14-6-2-3-8-16(14)22-17/h4-5,7,11-12H,2-3,6,8-10H2,1H3,(H,19,20). The van der Waals surface area contributed by atoms with Crippen LogP contribution < -0.4 is 10.1 Å². The lowest BCUT2D eigenvalue weighted by Gasteiger charge is -2.08. The Hall–Kier alpha value is -1.81. The molecular formula is C18H21NO2S. The molecule has 3 rings (SSSR count). The fourth-order valence-corrected chi connectivity index (χ4v) is 3.90. The van der Waals surface area contributed by atoms with Gasteiger partial charge in [-0.3, -0.25) is 4.79 Å². The van der Waals surface area contributed by atoms with E-state index in [1.54, 1.807) is 11.3 Å². The zero-order valence-electron chi connectivity index (χ0n) is 12.9. The fourth-order valence-electron chi connectivity index (χ4n) is 2.73. The maximum absolute atomic E-state index is 12.2. The summed E-state index contributed by atoms with van der Waals surface area (Å²) >= 11 is 1.65. The molecule has 0 saturated carbocycles. The van der Waals surface area contributed by atoms with E-state index in [-0.39, 0.29) is 5.91 Å². The van der Waals surface area contributed by atoms with E-state index in [0.29, 0.717) is 13.2 Å². The van der Waals surface area contributed by atoms with E-state index in [0.717, 1.165) is 23.5 Å². The molecule has 1 N–H and O–H groups in total. The van der Waals surface area contributed by atoms with Crippen molar-refractivity contribution < 1.29 is 9.53 Å². The minimum atomic E-state index is 0.0206. The number of ether oxygens (including phenoxy) is 1. The fraction of sp³-hybridized carbons (Fsp3) is 0.389. The SMILES string of the molecule is Cc1cccc(OCCNC(=O)c2cc3c(s2)CCCC3)c1. The van der Waals surface area contributed by atoms with Gasteiger partial charge in [0.15, 0.2) is 0 Å². The monoisotopic (exact) mass is 315 g/mol. The van der Waals surface area contributed by atoms with E-state index in [2.05, 4.69) is 11.4 Å². The van der Waals surface area contributed by atoms with Crippen molar-refractivity contribution in [3.05, 3.63) is 51.2 Å². The lowest BCUT2D eigenvalue weighted by atomic mass is 9.99.